The summed E-state index contributed by atoms with van der Waals surface area (Å²) >= 11 is 18.1. The van der Waals surface area contributed by atoms with E-state index in [4.69, 9.17) is 34.8 Å². The molecule has 0 N–H and O–H groups in total. The number of hydrogen-bond donors (Lipinski definition) is 0. The topological polar surface area (TPSA) is 25.8 Å². The van der Waals surface area contributed by atoms with Gasteiger partial charge in [0.05, 0.1) is 5.02 Å². The highest BCUT2D eigenvalue weighted by Gasteiger charge is 2.11. The van der Waals surface area contributed by atoms with Crippen LogP contribution in [0.15, 0.2) is 24.3 Å². The van der Waals surface area contributed by atoms with Crippen LogP contribution in [0, 0.1) is 0 Å². The van der Waals surface area contributed by atoms with Gasteiger partial charge in [-0.3, -0.25) is 0 Å². The van der Waals surface area contributed by atoms with Crippen LogP contribution in [0.3, 0.4) is 0 Å². The molecule has 0 saturated heterocycles. The molecule has 94 valence electrons. The first-order chi connectivity index (χ1) is 8.47. The van der Waals surface area contributed by atoms with Crippen LogP contribution in [-0.2, 0) is 0 Å². The molecule has 0 atom stereocenters. The SMILES string of the molecule is CC(C)c1cc(Cl)nc(-c2cc(Cl)ccc2Cl)n1. The van der Waals surface area contributed by atoms with Gasteiger partial charge in [0.2, 0.25) is 0 Å². The summed E-state index contributed by atoms with van der Waals surface area (Å²) in [7, 11) is 0. The molecule has 2 rings (SSSR count). The molecule has 1 heterocycles. The van der Waals surface area contributed by atoms with Gasteiger partial charge in [0.15, 0.2) is 5.82 Å². The van der Waals surface area contributed by atoms with Crippen molar-refractivity contribution in [1.29, 1.82) is 0 Å². The van der Waals surface area contributed by atoms with Gasteiger partial charge in [-0.05, 0) is 30.2 Å². The van der Waals surface area contributed by atoms with E-state index in [0.717, 1.165) is 5.69 Å². The minimum absolute atomic E-state index is 0.266. The number of halogens is 3. The van der Waals surface area contributed by atoms with Gasteiger partial charge in [-0.15, -0.1) is 0 Å². The molecular formula is C13H11Cl3N2. The predicted octanol–water partition coefficient (Wildman–Crippen LogP) is 5.23. The zero-order valence-corrected chi connectivity index (χ0v) is 12.2. The van der Waals surface area contributed by atoms with Gasteiger partial charge in [-0.25, -0.2) is 9.97 Å². The Balaban J connectivity index is 2.60. The molecule has 2 nitrogen and oxygen atoms in total. The van der Waals surface area contributed by atoms with Crippen molar-refractivity contribution in [3.63, 3.8) is 0 Å². The fraction of sp³-hybridized carbons (Fsp3) is 0.231. The molecule has 0 unspecified atom stereocenters. The van der Waals surface area contributed by atoms with E-state index in [1.54, 1.807) is 24.3 Å². The number of nitrogens with zero attached hydrogens (tertiary/aromatic N) is 2. The first kappa shape index (κ1) is 13.6. The summed E-state index contributed by atoms with van der Waals surface area (Å²) < 4.78 is 0. The van der Waals surface area contributed by atoms with E-state index >= 15 is 0 Å². The van der Waals surface area contributed by atoms with Crippen LogP contribution in [0.5, 0.6) is 0 Å². The maximum atomic E-state index is 6.13. The highest BCUT2D eigenvalue weighted by atomic mass is 35.5. The van der Waals surface area contributed by atoms with Gasteiger partial charge in [0.1, 0.15) is 5.15 Å². The van der Waals surface area contributed by atoms with E-state index < -0.39 is 0 Å². The standard InChI is InChI=1S/C13H11Cl3N2/c1-7(2)11-6-12(16)18-13(17-11)9-5-8(14)3-4-10(9)15/h3-7H,1-2H3. The van der Waals surface area contributed by atoms with E-state index in [9.17, 15) is 0 Å². The summed E-state index contributed by atoms with van der Waals surface area (Å²) in [5.41, 5.74) is 1.56. The number of benzene rings is 1. The minimum atomic E-state index is 0.266. The highest BCUT2D eigenvalue weighted by Crippen LogP contribution is 2.30. The van der Waals surface area contributed by atoms with E-state index in [1.165, 1.54) is 0 Å². The monoisotopic (exact) mass is 300 g/mol. The first-order valence-corrected chi connectivity index (χ1v) is 6.60. The fourth-order valence-corrected chi connectivity index (χ4v) is 2.09. The average molecular weight is 302 g/mol. The van der Waals surface area contributed by atoms with Gasteiger partial charge < -0.3 is 0 Å². The smallest absolute Gasteiger partial charge is 0.162 e. The van der Waals surface area contributed by atoms with Crippen molar-refractivity contribution in [2.24, 2.45) is 0 Å². The molecule has 1 aromatic heterocycles. The van der Waals surface area contributed by atoms with Crippen molar-refractivity contribution in [2.75, 3.05) is 0 Å². The molecule has 0 spiro atoms. The Morgan fingerprint density at radius 3 is 2.39 bits per heavy atom. The van der Waals surface area contributed by atoms with Crippen molar-refractivity contribution in [2.45, 2.75) is 19.8 Å². The summed E-state index contributed by atoms with van der Waals surface area (Å²) in [5, 5.41) is 1.54. The number of hydrogen-bond acceptors (Lipinski definition) is 2. The molecule has 0 amide bonds. The molecular weight excluding hydrogens is 291 g/mol. The third-order valence-electron chi connectivity index (χ3n) is 2.48. The maximum Gasteiger partial charge on any atom is 0.162 e. The van der Waals surface area contributed by atoms with Gasteiger partial charge in [-0.1, -0.05) is 48.7 Å². The second-order valence-electron chi connectivity index (χ2n) is 4.22. The molecule has 0 aliphatic carbocycles. The Kier molecular flexibility index (Phi) is 4.10. The minimum Gasteiger partial charge on any atom is -0.233 e. The maximum absolute atomic E-state index is 6.13. The van der Waals surface area contributed by atoms with Crippen LogP contribution < -0.4 is 0 Å². The van der Waals surface area contributed by atoms with Gasteiger partial charge in [0.25, 0.3) is 0 Å². The van der Waals surface area contributed by atoms with Crippen molar-refractivity contribution < 1.29 is 0 Å². The van der Waals surface area contributed by atoms with E-state index in [2.05, 4.69) is 9.97 Å². The van der Waals surface area contributed by atoms with Crippen LogP contribution in [0.2, 0.25) is 15.2 Å². The quantitative estimate of drug-likeness (QED) is 0.710. The van der Waals surface area contributed by atoms with Crippen LogP contribution in [0.4, 0.5) is 0 Å². The number of rotatable bonds is 2. The molecule has 0 radical (unpaired) electrons. The van der Waals surface area contributed by atoms with Crippen molar-refractivity contribution in [3.8, 4) is 11.4 Å². The Morgan fingerprint density at radius 1 is 1.00 bits per heavy atom. The lowest BCUT2D eigenvalue weighted by Gasteiger charge is -2.09. The molecule has 0 aliphatic heterocycles. The Bertz CT molecular complexity index is 582. The van der Waals surface area contributed by atoms with E-state index in [-0.39, 0.29) is 5.92 Å². The lowest BCUT2D eigenvalue weighted by molar-refractivity contribution is 0.817. The molecule has 1 aromatic carbocycles. The largest absolute Gasteiger partial charge is 0.233 e. The van der Waals surface area contributed by atoms with Crippen LogP contribution >= 0.6 is 34.8 Å². The fourth-order valence-electron chi connectivity index (χ4n) is 1.52. The predicted molar refractivity (Wildman–Crippen MR) is 76.6 cm³/mol. The summed E-state index contributed by atoms with van der Waals surface area (Å²) in [4.78, 5) is 8.67. The lowest BCUT2D eigenvalue weighted by atomic mass is 10.1. The van der Waals surface area contributed by atoms with Gasteiger partial charge in [-0.2, -0.15) is 0 Å². The molecule has 0 fully saturated rings. The molecule has 0 aliphatic rings. The van der Waals surface area contributed by atoms with Gasteiger partial charge in [0, 0.05) is 16.3 Å². The number of aromatic nitrogens is 2. The lowest BCUT2D eigenvalue weighted by Crippen LogP contribution is -1.98. The Hall–Kier alpha value is -0.830. The van der Waals surface area contributed by atoms with Crippen LogP contribution in [0.1, 0.15) is 25.5 Å². The van der Waals surface area contributed by atoms with Crippen LogP contribution in [0.25, 0.3) is 11.4 Å². The first-order valence-electron chi connectivity index (χ1n) is 5.47. The normalized spacial score (nSPS) is 11.0. The van der Waals surface area contributed by atoms with E-state index in [0.29, 0.717) is 26.6 Å². The van der Waals surface area contributed by atoms with Crippen molar-refractivity contribution >= 4 is 34.8 Å². The summed E-state index contributed by atoms with van der Waals surface area (Å²) in [6.07, 6.45) is 0. The Labute approximate surface area is 121 Å². The summed E-state index contributed by atoms with van der Waals surface area (Å²) in [6, 6.07) is 6.94. The second-order valence-corrected chi connectivity index (χ2v) is 5.45. The summed E-state index contributed by atoms with van der Waals surface area (Å²) in [5.74, 6) is 0.765. The van der Waals surface area contributed by atoms with Crippen LogP contribution in [-0.4, -0.2) is 9.97 Å². The zero-order valence-electron chi connectivity index (χ0n) is 9.92. The highest BCUT2D eigenvalue weighted by molar-refractivity contribution is 6.35. The summed E-state index contributed by atoms with van der Waals surface area (Å²) in [6.45, 7) is 4.09. The molecule has 0 bridgehead atoms. The van der Waals surface area contributed by atoms with Crippen molar-refractivity contribution in [3.05, 3.63) is 45.2 Å². The Morgan fingerprint density at radius 2 is 1.72 bits per heavy atom. The van der Waals surface area contributed by atoms with Crippen molar-refractivity contribution in [1.82, 2.24) is 9.97 Å². The third-order valence-corrected chi connectivity index (χ3v) is 3.23. The second kappa shape index (κ2) is 5.43. The van der Waals surface area contributed by atoms with Gasteiger partial charge >= 0.3 is 0 Å². The average Bonchev–Trinajstić information content (AvgIpc) is 2.31. The third kappa shape index (κ3) is 2.94. The molecule has 2 aromatic rings. The molecule has 5 heteroatoms. The van der Waals surface area contributed by atoms with E-state index in [1.807, 2.05) is 13.8 Å². The molecule has 0 saturated carbocycles. The zero-order chi connectivity index (χ0) is 13.3. The molecule has 18 heavy (non-hydrogen) atoms.